The molecule has 0 radical (unpaired) electrons. The first kappa shape index (κ1) is 23.9. The number of fused-ring (bicyclic) bond motifs is 1. The lowest BCUT2D eigenvalue weighted by molar-refractivity contribution is -0.129. The maximum Gasteiger partial charge on any atom is 0.219 e. The molecule has 1 saturated heterocycles. The fourth-order valence-electron chi connectivity index (χ4n) is 4.61. The lowest BCUT2D eigenvalue weighted by Gasteiger charge is -2.35. The number of anilines is 1. The molecule has 4 heterocycles. The van der Waals surface area contributed by atoms with E-state index in [-0.39, 0.29) is 17.8 Å². The van der Waals surface area contributed by atoms with Gasteiger partial charge in [-0.05, 0) is 18.2 Å². The molecule has 2 aliphatic rings. The van der Waals surface area contributed by atoms with Crippen LogP contribution in [-0.2, 0) is 17.8 Å². The summed E-state index contributed by atoms with van der Waals surface area (Å²) in [7, 11) is 1.56. The minimum absolute atomic E-state index is 0.0123. The zero-order valence-corrected chi connectivity index (χ0v) is 20.2. The van der Waals surface area contributed by atoms with Gasteiger partial charge in [0.15, 0.2) is 17.4 Å². The van der Waals surface area contributed by atoms with E-state index in [1.165, 1.54) is 12.1 Å². The second-order valence-electron chi connectivity index (χ2n) is 8.95. The van der Waals surface area contributed by atoms with Gasteiger partial charge in [0.05, 0.1) is 25.0 Å². The Kier molecular flexibility index (Phi) is 6.67. The van der Waals surface area contributed by atoms with Gasteiger partial charge in [0.25, 0.3) is 0 Å². The third-order valence-electron chi connectivity index (χ3n) is 6.58. The van der Waals surface area contributed by atoms with Crippen molar-refractivity contribution in [3.63, 3.8) is 0 Å². The summed E-state index contributed by atoms with van der Waals surface area (Å²) in [6, 6.07) is 7.03. The van der Waals surface area contributed by atoms with Crippen molar-refractivity contribution in [2.75, 3.05) is 31.6 Å². The Morgan fingerprint density at radius 1 is 1.06 bits per heavy atom. The molecule has 188 valence electrons. The second kappa shape index (κ2) is 10.0. The Labute approximate surface area is 207 Å². The van der Waals surface area contributed by atoms with Crippen LogP contribution >= 0.6 is 0 Å². The number of hydrogen-bond donors (Lipinski definition) is 0. The minimum Gasteiger partial charge on any atom is -0.487 e. The van der Waals surface area contributed by atoms with Crippen molar-refractivity contribution >= 4 is 11.7 Å². The number of halogens is 2. The van der Waals surface area contributed by atoms with Crippen molar-refractivity contribution in [2.24, 2.45) is 0 Å². The lowest BCUT2D eigenvalue weighted by atomic mass is 10.0. The number of carbonyl (C=O) groups is 1. The van der Waals surface area contributed by atoms with E-state index >= 15 is 0 Å². The van der Waals surface area contributed by atoms with Crippen LogP contribution in [-0.4, -0.2) is 58.6 Å². The van der Waals surface area contributed by atoms with Crippen LogP contribution in [0.3, 0.4) is 0 Å². The average Bonchev–Trinajstić information content (AvgIpc) is 2.89. The Balaban J connectivity index is 1.41. The number of pyridine rings is 1. The summed E-state index contributed by atoms with van der Waals surface area (Å²) in [6.45, 7) is 3.86. The van der Waals surface area contributed by atoms with E-state index in [1.54, 1.807) is 25.1 Å². The summed E-state index contributed by atoms with van der Waals surface area (Å²) in [5.74, 6) is -0.0401. The van der Waals surface area contributed by atoms with Gasteiger partial charge in [0, 0.05) is 69.7 Å². The molecular formula is C26H27F2N5O3. The number of carbonyl (C=O) groups excluding carboxylic acids is 1. The van der Waals surface area contributed by atoms with Crippen LogP contribution < -0.4 is 14.4 Å². The molecular weight excluding hydrogens is 468 g/mol. The molecule has 0 unspecified atom stereocenters. The number of ether oxygens (including phenoxy) is 2. The van der Waals surface area contributed by atoms with Crippen molar-refractivity contribution in [3.8, 4) is 22.9 Å². The molecule has 0 saturated carbocycles. The van der Waals surface area contributed by atoms with Crippen molar-refractivity contribution in [3.05, 3.63) is 59.6 Å². The highest BCUT2D eigenvalue weighted by molar-refractivity contribution is 5.75. The van der Waals surface area contributed by atoms with Crippen molar-refractivity contribution in [1.29, 1.82) is 0 Å². The smallest absolute Gasteiger partial charge is 0.219 e. The third kappa shape index (κ3) is 4.93. The topological polar surface area (TPSA) is 80.7 Å². The molecule has 1 fully saturated rings. The standard InChI is InChI=1S/C26H27F2N5O3/c1-16(34)33-12-8-21-22(15-33)30-25(17-5-9-29-24(13-17)35-2)26(31-21)32-10-6-19(7-11-32)36-23-4-3-18(27)14-20(23)28/h3-5,9,13-14,19H,6-8,10-12,15H2,1-2H3. The van der Waals surface area contributed by atoms with E-state index in [9.17, 15) is 13.6 Å². The highest BCUT2D eigenvalue weighted by Gasteiger charge is 2.28. The van der Waals surface area contributed by atoms with Gasteiger partial charge in [-0.25, -0.2) is 23.7 Å². The molecule has 1 amide bonds. The Morgan fingerprint density at radius 2 is 1.86 bits per heavy atom. The predicted molar refractivity (Wildman–Crippen MR) is 129 cm³/mol. The van der Waals surface area contributed by atoms with E-state index in [0.717, 1.165) is 28.8 Å². The zero-order chi connectivity index (χ0) is 25.2. The molecule has 0 atom stereocenters. The summed E-state index contributed by atoms with van der Waals surface area (Å²) >= 11 is 0. The van der Waals surface area contributed by atoms with Crippen molar-refractivity contribution < 1.29 is 23.0 Å². The highest BCUT2D eigenvalue weighted by atomic mass is 19.1. The van der Waals surface area contributed by atoms with E-state index in [0.29, 0.717) is 57.0 Å². The van der Waals surface area contributed by atoms with Gasteiger partial charge in [-0.1, -0.05) is 0 Å². The van der Waals surface area contributed by atoms with Crippen LogP contribution in [0.1, 0.15) is 31.2 Å². The van der Waals surface area contributed by atoms with Gasteiger partial charge >= 0.3 is 0 Å². The fourth-order valence-corrected chi connectivity index (χ4v) is 4.61. The van der Waals surface area contributed by atoms with Gasteiger partial charge in [-0.2, -0.15) is 0 Å². The minimum atomic E-state index is -0.702. The number of rotatable bonds is 5. The SMILES string of the molecule is COc1cc(-c2nc3c(nc2N2CCC(Oc4ccc(F)cc4F)CC2)CCN(C(C)=O)C3)ccn1. The maximum absolute atomic E-state index is 14.1. The van der Waals surface area contributed by atoms with Crippen LogP contribution in [0.4, 0.5) is 14.6 Å². The maximum atomic E-state index is 14.1. The molecule has 10 heteroatoms. The number of methoxy groups -OCH3 is 1. The van der Waals surface area contributed by atoms with Gasteiger partial charge in [0.1, 0.15) is 17.6 Å². The molecule has 0 N–H and O–H groups in total. The summed E-state index contributed by atoms with van der Waals surface area (Å²) in [5, 5.41) is 0. The molecule has 5 rings (SSSR count). The summed E-state index contributed by atoms with van der Waals surface area (Å²) in [6.07, 6.45) is 3.40. The van der Waals surface area contributed by atoms with Gasteiger partial charge in [-0.15, -0.1) is 0 Å². The quantitative estimate of drug-likeness (QED) is 0.533. The molecule has 0 aliphatic carbocycles. The zero-order valence-electron chi connectivity index (χ0n) is 20.2. The van der Waals surface area contributed by atoms with Crippen molar-refractivity contribution in [2.45, 2.75) is 38.8 Å². The lowest BCUT2D eigenvalue weighted by Crippen LogP contribution is -2.40. The Bertz CT molecular complexity index is 1280. The first-order valence-electron chi connectivity index (χ1n) is 11.9. The molecule has 8 nitrogen and oxygen atoms in total. The monoisotopic (exact) mass is 495 g/mol. The van der Waals surface area contributed by atoms with E-state index in [1.807, 2.05) is 12.1 Å². The Hall–Kier alpha value is -3.82. The number of aromatic nitrogens is 3. The molecule has 0 bridgehead atoms. The molecule has 1 aromatic carbocycles. The second-order valence-corrected chi connectivity index (χ2v) is 8.95. The van der Waals surface area contributed by atoms with Crippen LogP contribution in [0, 0.1) is 11.6 Å². The summed E-state index contributed by atoms with van der Waals surface area (Å²) in [4.78, 5) is 30.1. The van der Waals surface area contributed by atoms with Gasteiger partial charge < -0.3 is 19.3 Å². The van der Waals surface area contributed by atoms with Gasteiger partial charge in [-0.3, -0.25) is 4.79 Å². The van der Waals surface area contributed by atoms with Crippen LogP contribution in [0.5, 0.6) is 11.6 Å². The molecule has 2 aliphatic heterocycles. The fraction of sp³-hybridized carbons (Fsp3) is 0.385. The van der Waals surface area contributed by atoms with E-state index < -0.39 is 11.6 Å². The van der Waals surface area contributed by atoms with E-state index in [2.05, 4.69) is 9.88 Å². The number of amides is 1. The number of piperidine rings is 1. The van der Waals surface area contributed by atoms with E-state index in [4.69, 9.17) is 19.4 Å². The van der Waals surface area contributed by atoms with Crippen LogP contribution in [0.25, 0.3) is 11.3 Å². The summed E-state index contributed by atoms with van der Waals surface area (Å²) < 4.78 is 38.4. The van der Waals surface area contributed by atoms with Crippen LogP contribution in [0.15, 0.2) is 36.5 Å². The number of hydrogen-bond acceptors (Lipinski definition) is 7. The third-order valence-corrected chi connectivity index (χ3v) is 6.58. The molecule has 2 aromatic heterocycles. The van der Waals surface area contributed by atoms with Crippen LogP contribution in [0.2, 0.25) is 0 Å². The molecule has 3 aromatic rings. The number of nitrogens with zero attached hydrogens (tertiary/aromatic N) is 5. The normalized spacial score (nSPS) is 16.0. The predicted octanol–water partition coefficient (Wildman–Crippen LogP) is 3.78. The summed E-state index contributed by atoms with van der Waals surface area (Å²) in [5.41, 5.74) is 3.19. The Morgan fingerprint density at radius 3 is 2.58 bits per heavy atom. The highest BCUT2D eigenvalue weighted by Crippen LogP contribution is 2.34. The number of benzene rings is 1. The molecule has 36 heavy (non-hydrogen) atoms. The largest absolute Gasteiger partial charge is 0.487 e. The van der Waals surface area contributed by atoms with Gasteiger partial charge in [0.2, 0.25) is 11.8 Å². The van der Waals surface area contributed by atoms with Crippen molar-refractivity contribution in [1.82, 2.24) is 19.9 Å². The average molecular weight is 496 g/mol. The first-order valence-corrected chi connectivity index (χ1v) is 11.9. The molecule has 0 spiro atoms. The first-order chi connectivity index (χ1) is 17.4.